The molecule has 0 fully saturated rings. The third-order valence-electron chi connectivity index (χ3n) is 2.12. The minimum absolute atomic E-state index is 0.129. The van der Waals surface area contributed by atoms with Crippen molar-refractivity contribution in [3.63, 3.8) is 0 Å². The topological polar surface area (TPSA) is 104 Å². The Labute approximate surface area is 99.3 Å². The summed E-state index contributed by atoms with van der Waals surface area (Å²) in [5.74, 6) is -2.81. The number of carboxylic acids is 2. The Morgan fingerprint density at radius 2 is 1.88 bits per heavy atom. The van der Waals surface area contributed by atoms with E-state index in [-0.39, 0.29) is 12.8 Å². The maximum absolute atomic E-state index is 11.5. The number of amides is 1. The molecule has 96 valence electrons. The van der Waals surface area contributed by atoms with Crippen molar-refractivity contribution in [3.05, 3.63) is 11.6 Å². The Hall–Kier alpha value is -1.85. The van der Waals surface area contributed by atoms with Crippen LogP contribution in [0.25, 0.3) is 0 Å². The van der Waals surface area contributed by atoms with E-state index < -0.39 is 23.9 Å². The Morgan fingerprint density at radius 1 is 1.29 bits per heavy atom. The van der Waals surface area contributed by atoms with Crippen LogP contribution in [0.1, 0.15) is 33.1 Å². The van der Waals surface area contributed by atoms with Crippen molar-refractivity contribution in [3.8, 4) is 0 Å². The van der Waals surface area contributed by atoms with Gasteiger partial charge >= 0.3 is 11.9 Å². The Morgan fingerprint density at radius 3 is 2.29 bits per heavy atom. The number of allylic oxidation sites excluding steroid dienone is 1. The first kappa shape index (κ1) is 15.2. The number of carboxylic acid groups (broad SMARTS) is 2. The molecule has 17 heavy (non-hydrogen) atoms. The zero-order valence-corrected chi connectivity index (χ0v) is 9.90. The Balaban J connectivity index is 4.45. The van der Waals surface area contributed by atoms with Gasteiger partial charge in [-0.25, -0.2) is 4.79 Å². The molecule has 0 saturated carbocycles. The minimum Gasteiger partial charge on any atom is -0.481 e. The Kier molecular flexibility index (Phi) is 6.62. The van der Waals surface area contributed by atoms with Crippen molar-refractivity contribution in [2.24, 2.45) is 0 Å². The molecule has 1 amide bonds. The van der Waals surface area contributed by atoms with Crippen molar-refractivity contribution in [1.29, 1.82) is 0 Å². The van der Waals surface area contributed by atoms with E-state index >= 15 is 0 Å². The van der Waals surface area contributed by atoms with Gasteiger partial charge in [-0.1, -0.05) is 13.0 Å². The number of hydrogen-bond donors (Lipinski definition) is 3. The molecule has 0 heterocycles. The maximum atomic E-state index is 11.5. The molecular weight excluding hydrogens is 226 g/mol. The quantitative estimate of drug-likeness (QED) is 0.573. The fraction of sp³-hybridized carbons (Fsp3) is 0.545. The molecule has 0 radical (unpaired) electrons. The van der Waals surface area contributed by atoms with E-state index in [1.165, 1.54) is 0 Å². The number of aliphatic carboxylic acids is 2. The molecule has 0 aliphatic rings. The van der Waals surface area contributed by atoms with Crippen molar-refractivity contribution in [2.45, 2.75) is 39.2 Å². The van der Waals surface area contributed by atoms with Crippen molar-refractivity contribution >= 4 is 17.8 Å². The van der Waals surface area contributed by atoms with E-state index in [1.807, 2.05) is 6.92 Å². The van der Waals surface area contributed by atoms with Crippen LogP contribution in [0.5, 0.6) is 0 Å². The zero-order valence-electron chi connectivity index (χ0n) is 9.90. The van der Waals surface area contributed by atoms with Crippen LogP contribution < -0.4 is 5.32 Å². The van der Waals surface area contributed by atoms with Gasteiger partial charge in [0, 0.05) is 12.0 Å². The van der Waals surface area contributed by atoms with Crippen LogP contribution >= 0.6 is 0 Å². The molecule has 0 aromatic carbocycles. The highest BCUT2D eigenvalue weighted by Crippen LogP contribution is 2.01. The van der Waals surface area contributed by atoms with E-state index in [2.05, 4.69) is 5.32 Å². The summed E-state index contributed by atoms with van der Waals surface area (Å²) in [6, 6.07) is -1.17. The summed E-state index contributed by atoms with van der Waals surface area (Å²) in [4.78, 5) is 32.6. The van der Waals surface area contributed by atoms with Gasteiger partial charge in [-0.3, -0.25) is 9.59 Å². The first-order valence-corrected chi connectivity index (χ1v) is 5.30. The van der Waals surface area contributed by atoms with Crippen LogP contribution in [0, 0.1) is 0 Å². The lowest BCUT2D eigenvalue weighted by molar-refractivity contribution is -0.142. The molecule has 0 aliphatic heterocycles. The summed E-state index contributed by atoms with van der Waals surface area (Å²) in [5.41, 5.74) is 0.425. The third-order valence-corrected chi connectivity index (χ3v) is 2.12. The third kappa shape index (κ3) is 6.34. The van der Waals surface area contributed by atoms with E-state index in [0.717, 1.165) is 0 Å². The fourth-order valence-corrected chi connectivity index (χ4v) is 1.20. The fourth-order valence-electron chi connectivity index (χ4n) is 1.20. The van der Waals surface area contributed by atoms with Gasteiger partial charge in [0.1, 0.15) is 6.04 Å². The highest BCUT2D eigenvalue weighted by molar-refractivity contribution is 5.95. The van der Waals surface area contributed by atoms with Crippen LogP contribution in [0.15, 0.2) is 11.6 Å². The summed E-state index contributed by atoms with van der Waals surface area (Å²) in [6.07, 6.45) is 1.92. The molecule has 0 saturated heterocycles. The van der Waals surface area contributed by atoms with Crippen molar-refractivity contribution < 1.29 is 24.6 Å². The van der Waals surface area contributed by atoms with Gasteiger partial charge < -0.3 is 15.5 Å². The standard InChI is InChI=1S/C11H17NO5/c1-3-4-7(2)10(15)12-8(11(16)17)5-6-9(13)14/h4,8H,3,5-6H2,1-2H3,(H,12,15)(H,13,14)(H,16,17)/t8-/m0/s1. The lowest BCUT2D eigenvalue weighted by Gasteiger charge is -2.13. The predicted octanol–water partition coefficient (Wildman–Crippen LogP) is 0.777. The Bertz CT molecular complexity index is 335. The van der Waals surface area contributed by atoms with Gasteiger partial charge in [0.2, 0.25) is 5.91 Å². The molecular formula is C11H17NO5. The number of nitrogens with one attached hydrogen (secondary N) is 1. The number of carbonyl (C=O) groups excluding carboxylic acids is 1. The van der Waals surface area contributed by atoms with Crippen molar-refractivity contribution in [1.82, 2.24) is 5.32 Å². The molecule has 3 N–H and O–H groups in total. The predicted molar refractivity (Wildman–Crippen MR) is 60.5 cm³/mol. The lowest BCUT2D eigenvalue weighted by atomic mass is 10.1. The largest absolute Gasteiger partial charge is 0.481 e. The minimum atomic E-state index is -1.23. The molecule has 0 unspecified atom stereocenters. The van der Waals surface area contributed by atoms with Gasteiger partial charge in [0.05, 0.1) is 0 Å². The molecule has 0 aromatic heterocycles. The first-order chi connectivity index (χ1) is 7.88. The van der Waals surface area contributed by atoms with E-state index in [9.17, 15) is 14.4 Å². The van der Waals surface area contributed by atoms with Crippen LogP contribution in [0.3, 0.4) is 0 Å². The number of hydrogen-bond acceptors (Lipinski definition) is 3. The van der Waals surface area contributed by atoms with Crippen LogP contribution in [0.2, 0.25) is 0 Å². The second-order valence-electron chi connectivity index (χ2n) is 3.59. The van der Waals surface area contributed by atoms with Gasteiger partial charge in [-0.2, -0.15) is 0 Å². The second kappa shape index (κ2) is 7.43. The lowest BCUT2D eigenvalue weighted by Crippen LogP contribution is -2.41. The van der Waals surface area contributed by atoms with E-state index in [4.69, 9.17) is 10.2 Å². The zero-order chi connectivity index (χ0) is 13.4. The number of carbonyl (C=O) groups is 3. The van der Waals surface area contributed by atoms with Gasteiger partial charge in [-0.05, 0) is 19.8 Å². The van der Waals surface area contributed by atoms with Crippen molar-refractivity contribution in [2.75, 3.05) is 0 Å². The number of rotatable bonds is 7. The van der Waals surface area contributed by atoms with Crippen LogP contribution in [-0.2, 0) is 14.4 Å². The maximum Gasteiger partial charge on any atom is 0.326 e. The smallest absolute Gasteiger partial charge is 0.326 e. The van der Waals surface area contributed by atoms with E-state index in [0.29, 0.717) is 12.0 Å². The molecule has 0 rings (SSSR count). The highest BCUT2D eigenvalue weighted by Gasteiger charge is 2.21. The molecule has 1 atom stereocenters. The van der Waals surface area contributed by atoms with Gasteiger partial charge in [0.25, 0.3) is 0 Å². The van der Waals surface area contributed by atoms with Crippen LogP contribution in [-0.4, -0.2) is 34.1 Å². The monoisotopic (exact) mass is 243 g/mol. The summed E-state index contributed by atoms with van der Waals surface area (Å²) in [7, 11) is 0. The molecule has 0 bridgehead atoms. The molecule has 0 spiro atoms. The summed E-state index contributed by atoms with van der Waals surface area (Å²) in [5, 5.41) is 19.6. The summed E-state index contributed by atoms with van der Waals surface area (Å²) in [6.45, 7) is 3.44. The average molecular weight is 243 g/mol. The normalized spacial score (nSPS) is 12.9. The highest BCUT2D eigenvalue weighted by atomic mass is 16.4. The summed E-state index contributed by atoms with van der Waals surface area (Å²) < 4.78 is 0. The molecule has 6 nitrogen and oxygen atoms in total. The first-order valence-electron chi connectivity index (χ1n) is 5.30. The second-order valence-corrected chi connectivity index (χ2v) is 3.59. The summed E-state index contributed by atoms with van der Waals surface area (Å²) >= 11 is 0. The van der Waals surface area contributed by atoms with Crippen LogP contribution in [0.4, 0.5) is 0 Å². The SMILES string of the molecule is CCC=C(C)C(=O)N[C@@H](CCC(=O)O)C(=O)O. The molecule has 6 heteroatoms. The van der Waals surface area contributed by atoms with E-state index in [1.54, 1.807) is 13.0 Å². The average Bonchev–Trinajstić information content (AvgIpc) is 2.23. The molecule has 0 aromatic rings. The molecule has 0 aliphatic carbocycles. The van der Waals surface area contributed by atoms with Gasteiger partial charge in [-0.15, -0.1) is 0 Å². The van der Waals surface area contributed by atoms with Gasteiger partial charge in [0.15, 0.2) is 0 Å².